The maximum atomic E-state index is 12.7. The molecule has 0 bridgehead atoms. The number of carbonyl (C=O) groups excluding carboxylic acids is 2. The molecule has 1 atom stereocenters. The molecule has 2 N–H and O–H groups in total. The number of carbonyl (C=O) groups is 2. The van der Waals surface area contributed by atoms with Crippen molar-refractivity contribution in [3.8, 4) is 0 Å². The molecule has 2 aliphatic heterocycles. The van der Waals surface area contributed by atoms with E-state index in [-0.39, 0.29) is 23.8 Å². The van der Waals surface area contributed by atoms with Crippen molar-refractivity contribution in [2.45, 2.75) is 76.7 Å². The molecule has 0 saturated carbocycles. The zero-order valence-electron chi connectivity index (χ0n) is 21.1. The summed E-state index contributed by atoms with van der Waals surface area (Å²) in [5.74, 6) is 1.08. The molecule has 1 aromatic heterocycles. The molecule has 0 radical (unpaired) electrons. The SMILES string of the molecule is C[C@@H]1CCc2ncnc(N3CC4(CCN(C(=O)OC(C)(C)C)CC4)c4cc(CC(N)=O)ccc43)c21. The largest absolute Gasteiger partial charge is 0.444 e. The van der Waals surface area contributed by atoms with Gasteiger partial charge in [0.15, 0.2) is 0 Å². The Morgan fingerprint density at radius 2 is 1.94 bits per heavy atom. The standard InChI is InChI=1S/C27H35N5O3/c1-17-5-7-20-23(17)24(30-16-29-20)32-15-27(19-13-18(14-22(28)33)6-8-21(19)32)9-11-31(12-10-27)25(34)35-26(2,3)4/h6,8,13,16-17H,5,7,9-12,14-15H2,1-4H3,(H2,28,33)/t17-/m1/s1. The molecule has 186 valence electrons. The third kappa shape index (κ3) is 4.34. The Morgan fingerprint density at radius 3 is 2.63 bits per heavy atom. The van der Waals surface area contributed by atoms with Crippen LogP contribution in [0.4, 0.5) is 16.3 Å². The van der Waals surface area contributed by atoms with Crippen LogP contribution in [0.5, 0.6) is 0 Å². The summed E-state index contributed by atoms with van der Waals surface area (Å²) in [5, 5.41) is 0. The number of piperidine rings is 1. The van der Waals surface area contributed by atoms with E-state index in [1.807, 2.05) is 31.7 Å². The van der Waals surface area contributed by atoms with Crippen LogP contribution in [0.25, 0.3) is 0 Å². The molecule has 35 heavy (non-hydrogen) atoms. The first-order chi connectivity index (χ1) is 16.6. The number of fused-ring (bicyclic) bond motifs is 3. The van der Waals surface area contributed by atoms with E-state index in [0.717, 1.165) is 55.0 Å². The lowest BCUT2D eigenvalue weighted by Gasteiger charge is -2.40. The van der Waals surface area contributed by atoms with E-state index in [0.29, 0.717) is 19.0 Å². The smallest absolute Gasteiger partial charge is 0.410 e. The molecule has 5 rings (SSSR count). The molecule has 2 amide bonds. The second-order valence-electron chi connectivity index (χ2n) is 11.3. The van der Waals surface area contributed by atoms with Crippen LogP contribution in [0.3, 0.4) is 0 Å². The summed E-state index contributed by atoms with van der Waals surface area (Å²) in [6, 6.07) is 6.25. The normalized spacial score (nSPS) is 20.6. The van der Waals surface area contributed by atoms with Gasteiger partial charge in [-0.15, -0.1) is 0 Å². The monoisotopic (exact) mass is 477 g/mol. The van der Waals surface area contributed by atoms with Gasteiger partial charge < -0.3 is 20.3 Å². The fourth-order valence-electron chi connectivity index (χ4n) is 5.93. The first-order valence-corrected chi connectivity index (χ1v) is 12.6. The van der Waals surface area contributed by atoms with Crippen molar-refractivity contribution in [1.82, 2.24) is 14.9 Å². The highest BCUT2D eigenvalue weighted by molar-refractivity contribution is 5.79. The number of primary amides is 1. The molecule has 1 aromatic carbocycles. The molecule has 1 fully saturated rings. The van der Waals surface area contributed by atoms with Crippen LogP contribution in [0.1, 0.15) is 75.3 Å². The van der Waals surface area contributed by atoms with Crippen molar-refractivity contribution in [2.24, 2.45) is 5.73 Å². The number of ether oxygens (including phenoxy) is 1. The summed E-state index contributed by atoms with van der Waals surface area (Å²) in [4.78, 5) is 37.9. The first-order valence-electron chi connectivity index (χ1n) is 12.6. The molecule has 8 heteroatoms. The Kier molecular flexibility index (Phi) is 5.73. The van der Waals surface area contributed by atoms with Crippen molar-refractivity contribution in [2.75, 3.05) is 24.5 Å². The fourth-order valence-corrected chi connectivity index (χ4v) is 5.93. The van der Waals surface area contributed by atoms with Crippen LogP contribution >= 0.6 is 0 Å². The Bertz CT molecular complexity index is 1160. The Balaban J connectivity index is 1.50. The highest BCUT2D eigenvalue weighted by atomic mass is 16.6. The molecular weight excluding hydrogens is 442 g/mol. The number of nitrogens with zero attached hydrogens (tertiary/aromatic N) is 4. The minimum Gasteiger partial charge on any atom is -0.444 e. The highest BCUT2D eigenvalue weighted by Crippen LogP contribution is 2.51. The third-order valence-corrected chi connectivity index (χ3v) is 7.64. The lowest BCUT2D eigenvalue weighted by molar-refractivity contribution is -0.117. The van der Waals surface area contributed by atoms with Crippen LogP contribution in [0.2, 0.25) is 0 Å². The Hall–Kier alpha value is -3.16. The van der Waals surface area contributed by atoms with E-state index in [9.17, 15) is 9.59 Å². The number of aryl methyl sites for hydroxylation is 1. The van der Waals surface area contributed by atoms with E-state index in [4.69, 9.17) is 15.5 Å². The molecular formula is C27H35N5O3. The predicted octanol–water partition coefficient (Wildman–Crippen LogP) is 3.97. The van der Waals surface area contributed by atoms with Gasteiger partial charge in [-0.2, -0.15) is 0 Å². The van der Waals surface area contributed by atoms with Gasteiger partial charge in [0, 0.05) is 42.0 Å². The Morgan fingerprint density at radius 1 is 1.20 bits per heavy atom. The van der Waals surface area contributed by atoms with Crippen molar-refractivity contribution in [3.05, 3.63) is 46.9 Å². The number of anilines is 2. The van der Waals surface area contributed by atoms with Crippen LogP contribution in [0.15, 0.2) is 24.5 Å². The van der Waals surface area contributed by atoms with Crippen molar-refractivity contribution < 1.29 is 14.3 Å². The van der Waals surface area contributed by atoms with Gasteiger partial charge in [0.1, 0.15) is 17.7 Å². The third-order valence-electron chi connectivity index (χ3n) is 7.64. The number of nitrogens with two attached hydrogens (primary N) is 1. The van der Waals surface area contributed by atoms with Gasteiger partial charge in [-0.1, -0.05) is 19.1 Å². The molecule has 3 heterocycles. The highest BCUT2D eigenvalue weighted by Gasteiger charge is 2.47. The van der Waals surface area contributed by atoms with E-state index in [2.05, 4.69) is 28.9 Å². The van der Waals surface area contributed by atoms with E-state index >= 15 is 0 Å². The number of likely N-dealkylation sites (tertiary alicyclic amines) is 1. The maximum absolute atomic E-state index is 12.7. The number of benzene rings is 1. The van der Waals surface area contributed by atoms with Crippen LogP contribution in [0, 0.1) is 0 Å². The zero-order valence-corrected chi connectivity index (χ0v) is 21.1. The fraction of sp³-hybridized carbons (Fsp3) is 0.556. The van der Waals surface area contributed by atoms with Crippen molar-refractivity contribution in [1.29, 1.82) is 0 Å². The Labute approximate surface area is 206 Å². The average molecular weight is 478 g/mol. The average Bonchev–Trinajstić information content (AvgIpc) is 3.31. The molecule has 3 aliphatic rings. The zero-order chi connectivity index (χ0) is 25.0. The molecule has 1 saturated heterocycles. The molecule has 2 aromatic rings. The first kappa shape index (κ1) is 23.6. The number of hydrogen-bond donors (Lipinski definition) is 1. The molecule has 8 nitrogen and oxygen atoms in total. The number of amides is 2. The van der Waals surface area contributed by atoms with Gasteiger partial charge in [-0.25, -0.2) is 14.8 Å². The summed E-state index contributed by atoms with van der Waals surface area (Å²) >= 11 is 0. The number of aromatic nitrogens is 2. The van der Waals surface area contributed by atoms with Gasteiger partial charge >= 0.3 is 6.09 Å². The topological polar surface area (TPSA) is 102 Å². The quantitative estimate of drug-likeness (QED) is 0.718. The second kappa shape index (κ2) is 8.50. The van der Waals surface area contributed by atoms with Crippen molar-refractivity contribution in [3.63, 3.8) is 0 Å². The molecule has 0 unspecified atom stereocenters. The lowest BCUT2D eigenvalue weighted by Crippen LogP contribution is -2.48. The number of rotatable bonds is 3. The lowest BCUT2D eigenvalue weighted by atomic mass is 9.74. The van der Waals surface area contributed by atoms with E-state index in [1.54, 1.807) is 6.33 Å². The summed E-state index contributed by atoms with van der Waals surface area (Å²) in [7, 11) is 0. The van der Waals surface area contributed by atoms with E-state index < -0.39 is 5.60 Å². The molecule has 1 spiro atoms. The predicted molar refractivity (Wildman–Crippen MR) is 134 cm³/mol. The second-order valence-corrected chi connectivity index (χ2v) is 11.3. The summed E-state index contributed by atoms with van der Waals surface area (Å²) in [6.45, 7) is 9.97. The van der Waals surface area contributed by atoms with Gasteiger partial charge in [0.25, 0.3) is 0 Å². The summed E-state index contributed by atoms with van der Waals surface area (Å²) in [6.07, 6.45) is 5.36. The van der Waals surface area contributed by atoms with Crippen LogP contribution in [-0.4, -0.2) is 52.1 Å². The van der Waals surface area contributed by atoms with E-state index in [1.165, 1.54) is 11.1 Å². The minimum absolute atomic E-state index is 0.138. The van der Waals surface area contributed by atoms with Gasteiger partial charge in [0.2, 0.25) is 5.91 Å². The van der Waals surface area contributed by atoms with Crippen LogP contribution in [-0.2, 0) is 27.8 Å². The van der Waals surface area contributed by atoms with Gasteiger partial charge in [0.05, 0.1) is 6.42 Å². The maximum Gasteiger partial charge on any atom is 0.410 e. The minimum atomic E-state index is -0.517. The van der Waals surface area contributed by atoms with Crippen LogP contribution < -0.4 is 10.6 Å². The number of hydrogen-bond acceptors (Lipinski definition) is 6. The van der Waals surface area contributed by atoms with Gasteiger partial charge in [-0.05, 0) is 69.6 Å². The van der Waals surface area contributed by atoms with Crippen molar-refractivity contribution >= 4 is 23.5 Å². The summed E-state index contributed by atoms with van der Waals surface area (Å²) < 4.78 is 5.62. The van der Waals surface area contributed by atoms with Gasteiger partial charge in [-0.3, -0.25) is 4.79 Å². The summed E-state index contributed by atoms with van der Waals surface area (Å²) in [5.41, 5.74) is 10.5. The molecule has 1 aliphatic carbocycles.